The number of carbonyl (C=O) groups is 3. The highest BCUT2D eigenvalue weighted by Gasteiger charge is 2.38. The quantitative estimate of drug-likeness (QED) is 0.307. The van der Waals surface area contributed by atoms with Gasteiger partial charge in [-0.15, -0.1) is 0 Å². The fraction of sp³-hybridized carbons (Fsp3) is 0.450. The monoisotopic (exact) mass is 470 g/mol. The number of carboxylic acid groups (broad SMARTS) is 2. The zero-order chi connectivity index (χ0) is 23.6. The van der Waals surface area contributed by atoms with E-state index < -0.39 is 54.8 Å². The molecule has 1 saturated heterocycles. The van der Waals surface area contributed by atoms with E-state index in [0.717, 1.165) is 0 Å². The highest BCUT2D eigenvalue weighted by atomic mass is 35.5. The number of aliphatic hydroxyl groups is 3. The predicted molar refractivity (Wildman–Crippen MR) is 110 cm³/mol. The van der Waals surface area contributed by atoms with E-state index in [9.17, 15) is 29.7 Å². The molecule has 1 aliphatic rings. The van der Waals surface area contributed by atoms with Crippen molar-refractivity contribution in [2.75, 3.05) is 6.61 Å². The summed E-state index contributed by atoms with van der Waals surface area (Å²) in [6.07, 6.45) is -3.74. The van der Waals surface area contributed by atoms with Crippen molar-refractivity contribution in [1.29, 1.82) is 0 Å². The summed E-state index contributed by atoms with van der Waals surface area (Å²) >= 11 is 6.10. The molecule has 0 bridgehead atoms. The lowest BCUT2D eigenvalue weighted by atomic mass is 10.0. The Balaban J connectivity index is 1.93. The van der Waals surface area contributed by atoms with Crippen molar-refractivity contribution < 1.29 is 44.7 Å². The number of nitrogens with zero attached hydrogens (tertiary/aromatic N) is 1. The van der Waals surface area contributed by atoms with Crippen molar-refractivity contribution in [3.63, 3.8) is 0 Å². The van der Waals surface area contributed by atoms with Crippen LogP contribution in [-0.2, 0) is 25.5 Å². The third-order valence-electron chi connectivity index (χ3n) is 5.24. The Hall–Kier alpha value is -2.70. The Kier molecular flexibility index (Phi) is 7.36. The van der Waals surface area contributed by atoms with Crippen LogP contribution in [0.3, 0.4) is 0 Å². The van der Waals surface area contributed by atoms with Crippen LogP contribution in [0.4, 0.5) is 0 Å². The molecule has 1 aromatic heterocycles. The van der Waals surface area contributed by atoms with Crippen LogP contribution >= 0.6 is 11.6 Å². The number of carboxylic acids is 2. The van der Waals surface area contributed by atoms with Gasteiger partial charge in [-0.05, 0) is 23.8 Å². The van der Waals surface area contributed by atoms with Crippen LogP contribution in [0.25, 0.3) is 10.9 Å². The van der Waals surface area contributed by atoms with Crippen LogP contribution in [0.1, 0.15) is 24.6 Å². The molecule has 0 spiro atoms. The fourth-order valence-electron chi connectivity index (χ4n) is 3.72. The van der Waals surface area contributed by atoms with Gasteiger partial charge in [-0.3, -0.25) is 9.59 Å². The van der Waals surface area contributed by atoms with Crippen molar-refractivity contribution in [2.24, 2.45) is 0 Å². The summed E-state index contributed by atoms with van der Waals surface area (Å²) in [5.74, 6) is -3.58. The Labute approximate surface area is 186 Å². The SMILES string of the molecule is O=C(O)C[C@@H](NC(=O)Cc1cn([C@@H]2O[C@H](CO)C[C@H](O)[C@H]2O)c2ccc(Cl)cc12)C(=O)O. The fourth-order valence-corrected chi connectivity index (χ4v) is 3.89. The van der Waals surface area contributed by atoms with Crippen molar-refractivity contribution in [3.05, 3.63) is 35.0 Å². The molecule has 32 heavy (non-hydrogen) atoms. The molecule has 0 radical (unpaired) electrons. The molecule has 0 aliphatic carbocycles. The summed E-state index contributed by atoms with van der Waals surface area (Å²) in [4.78, 5) is 34.5. The molecule has 1 amide bonds. The second-order valence-electron chi connectivity index (χ2n) is 7.58. The molecule has 3 rings (SSSR count). The second-order valence-corrected chi connectivity index (χ2v) is 8.02. The molecule has 5 atom stereocenters. The molecule has 6 N–H and O–H groups in total. The van der Waals surface area contributed by atoms with Gasteiger partial charge in [0, 0.05) is 23.0 Å². The van der Waals surface area contributed by atoms with Crippen LogP contribution in [0.15, 0.2) is 24.4 Å². The summed E-state index contributed by atoms with van der Waals surface area (Å²) in [5, 5.41) is 51.1. The van der Waals surface area contributed by atoms with Crippen LogP contribution in [0.5, 0.6) is 0 Å². The molecule has 11 nitrogen and oxygen atoms in total. The average Bonchev–Trinajstić information content (AvgIpc) is 3.06. The standard InChI is InChI=1S/C20H23ClN2O9/c21-10-1-2-14-12(4-10)9(3-16(26)22-13(20(30)31)6-17(27)28)7-23(14)19-18(29)15(25)5-11(8-24)32-19/h1-2,4,7,11,13,15,18-19,24-25,29H,3,5-6,8H2,(H,22,26)(H,27,28)(H,30,31)/t11-,13+,15-,18+,19+/m0/s1. The summed E-state index contributed by atoms with van der Waals surface area (Å²) in [5.41, 5.74) is 0.934. The van der Waals surface area contributed by atoms with E-state index in [1.807, 2.05) is 0 Å². The number of aliphatic carboxylic acids is 2. The van der Waals surface area contributed by atoms with Crippen LogP contribution in [-0.4, -0.2) is 78.9 Å². The topological polar surface area (TPSA) is 179 Å². The minimum Gasteiger partial charge on any atom is -0.481 e. The van der Waals surface area contributed by atoms with Gasteiger partial charge in [0.05, 0.1) is 37.2 Å². The van der Waals surface area contributed by atoms with Crippen LogP contribution < -0.4 is 5.32 Å². The number of ether oxygens (including phenoxy) is 1. The zero-order valence-corrected chi connectivity index (χ0v) is 17.5. The lowest BCUT2D eigenvalue weighted by Gasteiger charge is -2.37. The molecular formula is C20H23ClN2O9. The van der Waals surface area contributed by atoms with Crippen molar-refractivity contribution >= 4 is 40.3 Å². The highest BCUT2D eigenvalue weighted by molar-refractivity contribution is 6.31. The Bertz CT molecular complexity index is 1020. The van der Waals surface area contributed by atoms with E-state index in [1.54, 1.807) is 18.2 Å². The molecule has 0 unspecified atom stereocenters. The van der Waals surface area contributed by atoms with Crippen molar-refractivity contribution in [1.82, 2.24) is 9.88 Å². The number of carbonyl (C=O) groups excluding carboxylic acids is 1. The summed E-state index contributed by atoms with van der Waals surface area (Å²) in [6, 6.07) is 3.21. The molecular weight excluding hydrogens is 448 g/mol. The molecule has 174 valence electrons. The number of rotatable bonds is 8. The number of aliphatic hydroxyl groups excluding tert-OH is 3. The summed E-state index contributed by atoms with van der Waals surface area (Å²) in [6.45, 7) is -0.360. The Morgan fingerprint density at radius 1 is 1.25 bits per heavy atom. The number of hydrogen-bond donors (Lipinski definition) is 6. The van der Waals surface area contributed by atoms with Crippen molar-refractivity contribution in [2.45, 2.75) is 49.8 Å². The number of hydrogen-bond acceptors (Lipinski definition) is 7. The first kappa shape index (κ1) is 24.0. The normalized spacial score (nSPS) is 24.2. The van der Waals surface area contributed by atoms with Crippen LogP contribution in [0, 0.1) is 0 Å². The van der Waals surface area contributed by atoms with Gasteiger partial charge in [0.1, 0.15) is 12.1 Å². The van der Waals surface area contributed by atoms with Gasteiger partial charge in [0.15, 0.2) is 6.23 Å². The highest BCUT2D eigenvalue weighted by Crippen LogP contribution is 2.34. The molecule has 1 aromatic carbocycles. The molecule has 1 fully saturated rings. The van der Waals surface area contributed by atoms with Gasteiger partial charge in [-0.2, -0.15) is 0 Å². The first-order valence-corrected chi connectivity index (χ1v) is 10.1. The third kappa shape index (κ3) is 5.19. The first-order chi connectivity index (χ1) is 15.1. The van der Waals surface area contributed by atoms with E-state index >= 15 is 0 Å². The van der Waals surface area contributed by atoms with E-state index in [4.69, 9.17) is 26.6 Å². The molecule has 12 heteroatoms. The maximum atomic E-state index is 12.5. The maximum Gasteiger partial charge on any atom is 0.326 e. The van der Waals surface area contributed by atoms with E-state index in [-0.39, 0.29) is 19.4 Å². The average molecular weight is 471 g/mol. The molecule has 2 aromatic rings. The lowest BCUT2D eigenvalue weighted by Crippen LogP contribution is -2.46. The van der Waals surface area contributed by atoms with Crippen LogP contribution in [0.2, 0.25) is 5.02 Å². The van der Waals surface area contributed by atoms with E-state index in [2.05, 4.69) is 5.32 Å². The van der Waals surface area contributed by atoms with Gasteiger partial charge in [0.25, 0.3) is 0 Å². The minimum absolute atomic E-state index is 0.0502. The van der Waals surface area contributed by atoms with Gasteiger partial charge >= 0.3 is 11.9 Å². The number of nitrogens with one attached hydrogen (secondary N) is 1. The number of benzene rings is 1. The number of aromatic nitrogens is 1. The molecule has 2 heterocycles. The van der Waals surface area contributed by atoms with Gasteiger partial charge < -0.3 is 40.2 Å². The smallest absolute Gasteiger partial charge is 0.326 e. The zero-order valence-electron chi connectivity index (χ0n) is 16.7. The third-order valence-corrected chi connectivity index (χ3v) is 5.48. The molecule has 1 aliphatic heterocycles. The number of fused-ring (bicyclic) bond motifs is 1. The van der Waals surface area contributed by atoms with E-state index in [0.29, 0.717) is 21.5 Å². The lowest BCUT2D eigenvalue weighted by molar-refractivity contribution is -0.204. The summed E-state index contributed by atoms with van der Waals surface area (Å²) in [7, 11) is 0. The predicted octanol–water partition coefficient (Wildman–Crippen LogP) is -0.117. The minimum atomic E-state index is -1.60. The van der Waals surface area contributed by atoms with Gasteiger partial charge in [0.2, 0.25) is 5.91 Å². The largest absolute Gasteiger partial charge is 0.481 e. The number of amides is 1. The Morgan fingerprint density at radius 3 is 2.59 bits per heavy atom. The maximum absolute atomic E-state index is 12.5. The number of halogens is 1. The first-order valence-electron chi connectivity index (χ1n) is 9.76. The summed E-state index contributed by atoms with van der Waals surface area (Å²) < 4.78 is 7.24. The van der Waals surface area contributed by atoms with E-state index in [1.165, 1.54) is 10.8 Å². The Morgan fingerprint density at radius 2 is 1.97 bits per heavy atom. The van der Waals surface area contributed by atoms with Crippen molar-refractivity contribution in [3.8, 4) is 0 Å². The molecule has 0 saturated carbocycles. The second kappa shape index (κ2) is 9.84. The van der Waals surface area contributed by atoms with Gasteiger partial charge in [-0.1, -0.05) is 11.6 Å². The van der Waals surface area contributed by atoms with Gasteiger partial charge in [-0.25, -0.2) is 4.79 Å².